The summed E-state index contributed by atoms with van der Waals surface area (Å²) in [4.78, 5) is 9.89. The normalized spacial score (nSPS) is 25.3. The van der Waals surface area contributed by atoms with Crippen molar-refractivity contribution in [2.45, 2.75) is 19.3 Å². The zero-order valence-electron chi connectivity index (χ0n) is 8.53. The van der Waals surface area contributed by atoms with Crippen molar-refractivity contribution in [3.05, 3.63) is 18.6 Å². The second kappa shape index (κ2) is 3.72. The number of aromatic nitrogens is 2. The molecular formula is C10H13F2N3. The van der Waals surface area contributed by atoms with Gasteiger partial charge in [-0.05, 0) is 0 Å². The van der Waals surface area contributed by atoms with Crippen LogP contribution >= 0.6 is 0 Å². The quantitative estimate of drug-likeness (QED) is 0.714. The van der Waals surface area contributed by atoms with Crippen molar-refractivity contribution in [1.29, 1.82) is 0 Å². The lowest BCUT2D eigenvalue weighted by Gasteiger charge is -2.37. The zero-order chi connectivity index (χ0) is 10.9. The van der Waals surface area contributed by atoms with E-state index in [1.165, 1.54) is 0 Å². The Morgan fingerprint density at radius 1 is 1.47 bits per heavy atom. The van der Waals surface area contributed by atoms with Crippen molar-refractivity contribution in [3.8, 4) is 0 Å². The van der Waals surface area contributed by atoms with Gasteiger partial charge in [-0.2, -0.15) is 0 Å². The minimum Gasteiger partial charge on any atom is -0.355 e. The topological polar surface area (TPSA) is 29.0 Å². The van der Waals surface area contributed by atoms with Gasteiger partial charge in [-0.15, -0.1) is 0 Å². The SMILES string of the molecule is C[C@H]1CN(c2cnccn2)CCC1(F)F. The maximum Gasteiger partial charge on any atom is 0.254 e. The van der Waals surface area contributed by atoms with Crippen LogP contribution in [0.1, 0.15) is 13.3 Å². The maximum absolute atomic E-state index is 13.2. The lowest BCUT2D eigenvalue weighted by Crippen LogP contribution is -2.46. The summed E-state index contributed by atoms with van der Waals surface area (Å²) < 4.78 is 26.4. The number of anilines is 1. The standard InChI is InChI=1S/C10H13F2N3/c1-8-7-15(5-2-10(8,11)12)9-6-13-3-4-14-9/h3-4,6,8H,2,5,7H2,1H3/t8-/m0/s1. The van der Waals surface area contributed by atoms with Crippen LogP contribution in [0.4, 0.5) is 14.6 Å². The van der Waals surface area contributed by atoms with Crippen LogP contribution in [0.5, 0.6) is 0 Å². The van der Waals surface area contributed by atoms with E-state index in [0.717, 1.165) is 0 Å². The van der Waals surface area contributed by atoms with Crippen LogP contribution in [-0.4, -0.2) is 29.0 Å². The summed E-state index contributed by atoms with van der Waals surface area (Å²) in [6.45, 7) is 2.25. The first-order valence-electron chi connectivity index (χ1n) is 4.98. The first-order valence-corrected chi connectivity index (χ1v) is 4.98. The molecule has 0 unspecified atom stereocenters. The van der Waals surface area contributed by atoms with Gasteiger partial charge in [-0.1, -0.05) is 6.92 Å². The van der Waals surface area contributed by atoms with Crippen molar-refractivity contribution in [2.24, 2.45) is 5.92 Å². The molecule has 0 radical (unpaired) electrons. The third-order valence-electron chi connectivity index (χ3n) is 2.80. The minimum absolute atomic E-state index is 0.106. The van der Waals surface area contributed by atoms with E-state index in [9.17, 15) is 8.78 Å². The van der Waals surface area contributed by atoms with Gasteiger partial charge in [0.25, 0.3) is 5.92 Å². The molecule has 1 aliphatic rings. The number of nitrogens with zero attached hydrogens (tertiary/aromatic N) is 3. The van der Waals surface area contributed by atoms with Crippen LogP contribution < -0.4 is 4.90 Å². The van der Waals surface area contributed by atoms with Gasteiger partial charge in [0.1, 0.15) is 5.82 Å². The Morgan fingerprint density at radius 3 is 2.87 bits per heavy atom. The molecule has 0 aliphatic carbocycles. The fraction of sp³-hybridized carbons (Fsp3) is 0.600. The third kappa shape index (κ3) is 2.06. The molecule has 1 atom stereocenters. The molecule has 82 valence electrons. The summed E-state index contributed by atoms with van der Waals surface area (Å²) in [7, 11) is 0. The third-order valence-corrected chi connectivity index (χ3v) is 2.80. The monoisotopic (exact) mass is 213 g/mol. The molecule has 2 heterocycles. The molecule has 0 saturated carbocycles. The lowest BCUT2D eigenvalue weighted by atomic mass is 9.95. The van der Waals surface area contributed by atoms with Gasteiger partial charge in [-0.25, -0.2) is 13.8 Å². The van der Waals surface area contributed by atoms with Gasteiger partial charge >= 0.3 is 0 Å². The molecule has 3 nitrogen and oxygen atoms in total. The smallest absolute Gasteiger partial charge is 0.254 e. The van der Waals surface area contributed by atoms with E-state index in [4.69, 9.17) is 0 Å². The molecule has 1 aliphatic heterocycles. The Morgan fingerprint density at radius 2 is 2.27 bits per heavy atom. The predicted molar refractivity (Wildman–Crippen MR) is 53.0 cm³/mol. The molecular weight excluding hydrogens is 200 g/mol. The first-order chi connectivity index (χ1) is 7.09. The van der Waals surface area contributed by atoms with Crippen molar-refractivity contribution in [1.82, 2.24) is 9.97 Å². The van der Waals surface area contributed by atoms with Gasteiger partial charge in [-0.3, -0.25) is 4.98 Å². The highest BCUT2D eigenvalue weighted by atomic mass is 19.3. The van der Waals surface area contributed by atoms with E-state index >= 15 is 0 Å². The maximum atomic E-state index is 13.2. The zero-order valence-corrected chi connectivity index (χ0v) is 8.53. The van der Waals surface area contributed by atoms with E-state index in [1.807, 2.05) is 4.90 Å². The largest absolute Gasteiger partial charge is 0.355 e. The average Bonchev–Trinajstić information content (AvgIpc) is 2.23. The fourth-order valence-corrected chi connectivity index (χ4v) is 1.75. The van der Waals surface area contributed by atoms with Gasteiger partial charge < -0.3 is 4.90 Å². The second-order valence-corrected chi connectivity index (χ2v) is 3.92. The van der Waals surface area contributed by atoms with E-state index in [2.05, 4.69) is 9.97 Å². The van der Waals surface area contributed by atoms with Crippen LogP contribution in [0.25, 0.3) is 0 Å². The molecule has 1 aromatic rings. The average molecular weight is 213 g/mol. The summed E-state index contributed by atoms with van der Waals surface area (Å²) in [6.07, 6.45) is 4.65. The number of piperidine rings is 1. The van der Waals surface area contributed by atoms with Crippen molar-refractivity contribution in [2.75, 3.05) is 18.0 Å². The molecule has 0 bridgehead atoms. The molecule has 0 aromatic carbocycles. The Balaban J connectivity index is 2.10. The number of rotatable bonds is 1. The number of alkyl halides is 2. The van der Waals surface area contributed by atoms with Crippen LogP contribution in [-0.2, 0) is 0 Å². The van der Waals surface area contributed by atoms with Gasteiger partial charge in [0, 0.05) is 37.8 Å². The van der Waals surface area contributed by atoms with Crippen LogP contribution in [0.2, 0.25) is 0 Å². The summed E-state index contributed by atoms with van der Waals surface area (Å²) in [5.74, 6) is -2.49. The number of hydrogen-bond donors (Lipinski definition) is 0. The van der Waals surface area contributed by atoms with Gasteiger partial charge in [0.2, 0.25) is 0 Å². The van der Waals surface area contributed by atoms with Crippen molar-refractivity contribution in [3.63, 3.8) is 0 Å². The first kappa shape index (κ1) is 10.3. The summed E-state index contributed by atoms with van der Waals surface area (Å²) in [6, 6.07) is 0. The van der Waals surface area contributed by atoms with Crippen LogP contribution in [0.3, 0.4) is 0 Å². The number of halogens is 2. The molecule has 0 amide bonds. The van der Waals surface area contributed by atoms with E-state index in [-0.39, 0.29) is 6.42 Å². The predicted octanol–water partition coefficient (Wildman–Crippen LogP) is 1.96. The Labute approximate surface area is 87.1 Å². The Bertz CT molecular complexity index is 329. The molecule has 15 heavy (non-hydrogen) atoms. The van der Waals surface area contributed by atoms with Crippen molar-refractivity contribution < 1.29 is 8.78 Å². The fourth-order valence-electron chi connectivity index (χ4n) is 1.75. The van der Waals surface area contributed by atoms with Gasteiger partial charge in [0.15, 0.2) is 0 Å². The molecule has 1 saturated heterocycles. The van der Waals surface area contributed by atoms with Crippen LogP contribution in [0, 0.1) is 5.92 Å². The van der Waals surface area contributed by atoms with Crippen molar-refractivity contribution >= 4 is 5.82 Å². The van der Waals surface area contributed by atoms with Crippen LogP contribution in [0.15, 0.2) is 18.6 Å². The molecule has 1 aromatic heterocycles. The van der Waals surface area contributed by atoms with E-state index < -0.39 is 11.8 Å². The second-order valence-electron chi connectivity index (χ2n) is 3.92. The Kier molecular flexibility index (Phi) is 2.54. The highest BCUT2D eigenvalue weighted by Crippen LogP contribution is 2.34. The molecule has 0 N–H and O–H groups in total. The number of hydrogen-bond acceptors (Lipinski definition) is 3. The lowest BCUT2D eigenvalue weighted by molar-refractivity contribution is -0.0652. The molecule has 1 fully saturated rings. The molecule has 2 rings (SSSR count). The molecule has 0 spiro atoms. The minimum atomic E-state index is -2.54. The summed E-state index contributed by atoms with van der Waals surface area (Å²) >= 11 is 0. The summed E-state index contributed by atoms with van der Waals surface area (Å²) in [5, 5.41) is 0. The Hall–Kier alpha value is -1.26. The highest BCUT2D eigenvalue weighted by molar-refractivity contribution is 5.36. The van der Waals surface area contributed by atoms with E-state index in [1.54, 1.807) is 25.5 Å². The molecule has 5 heteroatoms. The summed E-state index contributed by atoms with van der Waals surface area (Å²) in [5.41, 5.74) is 0. The van der Waals surface area contributed by atoms with Gasteiger partial charge in [0.05, 0.1) is 6.20 Å². The van der Waals surface area contributed by atoms with E-state index in [0.29, 0.717) is 18.9 Å². The highest BCUT2D eigenvalue weighted by Gasteiger charge is 2.41.